The van der Waals surface area contributed by atoms with Gasteiger partial charge in [0.2, 0.25) is 0 Å². The van der Waals surface area contributed by atoms with Gasteiger partial charge in [0.25, 0.3) is 5.78 Å². The number of fused-ring (bicyclic) bond motifs is 5. The standard InChI is InChI=1S/C21H27F3O3/c1-19-8-7-15-12(14(19)5-6-17(19)26)4-3-11-9-16(25)13(10-20(11,15)2)18(27)21(22,23)24/h9,12,14-15,17,25-26H,3-8,10H2,1-2H3/t12-,14-,15-,17+,19-,20-/m0/s1. The SMILES string of the molecule is C[C@]12CC[C@H]3[C@@H](CCC4=CC(O)=C(C(=O)C(F)(F)F)C[C@@]43C)[C@@H]1CC[C@H]2O. The fourth-order valence-electron chi connectivity index (χ4n) is 6.86. The molecule has 3 fully saturated rings. The summed E-state index contributed by atoms with van der Waals surface area (Å²) in [5.41, 5.74) is -0.146. The van der Waals surface area contributed by atoms with Crippen molar-refractivity contribution in [1.29, 1.82) is 0 Å². The second-order valence-electron chi connectivity index (χ2n) is 9.51. The summed E-state index contributed by atoms with van der Waals surface area (Å²) in [6, 6.07) is 0. The van der Waals surface area contributed by atoms with E-state index in [1.54, 1.807) is 0 Å². The number of aliphatic hydroxyl groups excluding tert-OH is 2. The van der Waals surface area contributed by atoms with E-state index in [4.69, 9.17) is 0 Å². The zero-order valence-corrected chi connectivity index (χ0v) is 15.8. The van der Waals surface area contributed by atoms with Crippen LogP contribution in [0, 0.1) is 28.6 Å². The van der Waals surface area contributed by atoms with Crippen LogP contribution < -0.4 is 0 Å². The van der Waals surface area contributed by atoms with Gasteiger partial charge in [0.15, 0.2) is 0 Å². The molecule has 0 bridgehead atoms. The molecule has 0 unspecified atom stereocenters. The summed E-state index contributed by atoms with van der Waals surface area (Å²) < 4.78 is 39.0. The van der Waals surface area contributed by atoms with E-state index >= 15 is 0 Å². The lowest BCUT2D eigenvalue weighted by Crippen LogP contribution is -2.51. The lowest BCUT2D eigenvalue weighted by atomic mass is 9.47. The van der Waals surface area contributed by atoms with Crippen LogP contribution in [0.25, 0.3) is 0 Å². The van der Waals surface area contributed by atoms with E-state index in [0.29, 0.717) is 11.8 Å². The Labute approximate surface area is 157 Å². The maximum atomic E-state index is 13.0. The number of carbonyl (C=O) groups is 1. The number of allylic oxidation sites excluding steroid dienone is 3. The Kier molecular flexibility index (Phi) is 4.12. The van der Waals surface area contributed by atoms with Crippen LogP contribution in [-0.2, 0) is 4.79 Å². The molecule has 6 heteroatoms. The van der Waals surface area contributed by atoms with Crippen LogP contribution in [0.3, 0.4) is 0 Å². The summed E-state index contributed by atoms with van der Waals surface area (Å²) in [6.07, 6.45) is 1.24. The highest BCUT2D eigenvalue weighted by Crippen LogP contribution is 2.65. The van der Waals surface area contributed by atoms with E-state index < -0.39 is 28.7 Å². The van der Waals surface area contributed by atoms with Gasteiger partial charge in [-0.05, 0) is 79.6 Å². The monoisotopic (exact) mass is 384 g/mol. The summed E-state index contributed by atoms with van der Waals surface area (Å²) in [5.74, 6) is -1.52. The molecule has 0 spiro atoms. The minimum atomic E-state index is -4.97. The van der Waals surface area contributed by atoms with Crippen molar-refractivity contribution in [3.8, 4) is 0 Å². The molecule has 0 aromatic rings. The second kappa shape index (κ2) is 5.85. The third-order valence-electron chi connectivity index (χ3n) is 8.38. The molecule has 3 nitrogen and oxygen atoms in total. The van der Waals surface area contributed by atoms with Crippen molar-refractivity contribution in [2.24, 2.45) is 28.6 Å². The fourth-order valence-corrected chi connectivity index (χ4v) is 6.86. The summed E-state index contributed by atoms with van der Waals surface area (Å²) in [5, 5.41) is 20.6. The van der Waals surface area contributed by atoms with Gasteiger partial charge in [-0.25, -0.2) is 0 Å². The first-order chi connectivity index (χ1) is 12.5. The number of ketones is 1. The van der Waals surface area contributed by atoms with E-state index in [-0.39, 0.29) is 23.9 Å². The van der Waals surface area contributed by atoms with Crippen LogP contribution in [0.5, 0.6) is 0 Å². The van der Waals surface area contributed by atoms with Crippen LogP contribution in [0.4, 0.5) is 13.2 Å². The first-order valence-corrected chi connectivity index (χ1v) is 9.91. The molecule has 0 aliphatic heterocycles. The normalized spacial score (nSPS) is 44.3. The highest BCUT2D eigenvalue weighted by molar-refractivity contribution is 6.00. The lowest BCUT2D eigenvalue weighted by Gasteiger charge is -2.57. The van der Waals surface area contributed by atoms with Gasteiger partial charge in [0.05, 0.1) is 6.10 Å². The average molecular weight is 384 g/mol. The Morgan fingerprint density at radius 1 is 1.15 bits per heavy atom. The molecule has 150 valence electrons. The zero-order valence-electron chi connectivity index (χ0n) is 15.8. The highest BCUT2D eigenvalue weighted by atomic mass is 19.4. The van der Waals surface area contributed by atoms with Gasteiger partial charge in [-0.15, -0.1) is 0 Å². The minimum absolute atomic E-state index is 0.0455. The largest absolute Gasteiger partial charge is 0.508 e. The summed E-state index contributed by atoms with van der Waals surface area (Å²) in [6.45, 7) is 4.13. The second-order valence-corrected chi connectivity index (χ2v) is 9.51. The highest BCUT2D eigenvalue weighted by Gasteiger charge is 2.59. The van der Waals surface area contributed by atoms with Crippen LogP contribution in [0.15, 0.2) is 23.0 Å². The van der Waals surface area contributed by atoms with E-state index in [9.17, 15) is 28.2 Å². The summed E-state index contributed by atoms with van der Waals surface area (Å²) in [7, 11) is 0. The van der Waals surface area contributed by atoms with Gasteiger partial charge in [-0.2, -0.15) is 13.2 Å². The number of hydrogen-bond donors (Lipinski definition) is 2. The van der Waals surface area contributed by atoms with E-state index in [1.165, 1.54) is 6.08 Å². The van der Waals surface area contributed by atoms with E-state index in [2.05, 4.69) is 6.92 Å². The van der Waals surface area contributed by atoms with E-state index in [1.807, 2.05) is 6.92 Å². The molecule has 4 rings (SSSR count). The molecular formula is C21H27F3O3. The molecule has 4 aliphatic rings. The maximum absolute atomic E-state index is 13.0. The predicted molar refractivity (Wildman–Crippen MR) is 93.8 cm³/mol. The smallest absolute Gasteiger partial charge is 0.454 e. The van der Waals surface area contributed by atoms with Gasteiger partial charge in [0, 0.05) is 5.57 Å². The summed E-state index contributed by atoms with van der Waals surface area (Å²) >= 11 is 0. The van der Waals surface area contributed by atoms with Crippen LogP contribution in [0.2, 0.25) is 0 Å². The van der Waals surface area contributed by atoms with Crippen molar-refractivity contribution in [1.82, 2.24) is 0 Å². The lowest BCUT2D eigenvalue weighted by molar-refractivity contribution is -0.167. The third-order valence-corrected chi connectivity index (χ3v) is 8.38. The number of Topliss-reactive ketones (excluding diaryl/α,β-unsaturated/α-hetero) is 1. The molecule has 27 heavy (non-hydrogen) atoms. The molecule has 3 saturated carbocycles. The topological polar surface area (TPSA) is 57.5 Å². The van der Waals surface area contributed by atoms with Crippen LogP contribution in [-0.4, -0.2) is 28.3 Å². The van der Waals surface area contributed by atoms with Gasteiger partial charge in [-0.3, -0.25) is 4.79 Å². The van der Waals surface area contributed by atoms with Crippen molar-refractivity contribution < 1.29 is 28.2 Å². The first-order valence-electron chi connectivity index (χ1n) is 9.91. The molecule has 0 aromatic heterocycles. The van der Waals surface area contributed by atoms with Crippen molar-refractivity contribution in [3.05, 3.63) is 23.0 Å². The molecular weight excluding hydrogens is 357 g/mol. The van der Waals surface area contributed by atoms with Crippen LogP contribution >= 0.6 is 0 Å². The van der Waals surface area contributed by atoms with E-state index in [0.717, 1.165) is 44.1 Å². The number of hydrogen-bond acceptors (Lipinski definition) is 3. The number of alkyl halides is 3. The molecule has 0 radical (unpaired) electrons. The van der Waals surface area contributed by atoms with Gasteiger partial charge in [-0.1, -0.05) is 19.4 Å². The minimum Gasteiger partial charge on any atom is -0.508 e. The average Bonchev–Trinajstić information content (AvgIpc) is 2.89. The predicted octanol–water partition coefficient (Wildman–Crippen LogP) is 4.86. The molecule has 0 saturated heterocycles. The van der Waals surface area contributed by atoms with Crippen molar-refractivity contribution >= 4 is 5.78 Å². The van der Waals surface area contributed by atoms with Gasteiger partial charge in [0.1, 0.15) is 5.76 Å². The van der Waals surface area contributed by atoms with Gasteiger partial charge < -0.3 is 10.2 Å². The number of halogens is 3. The van der Waals surface area contributed by atoms with Gasteiger partial charge >= 0.3 is 6.18 Å². The summed E-state index contributed by atoms with van der Waals surface area (Å²) in [4.78, 5) is 11.9. The molecule has 0 amide bonds. The Morgan fingerprint density at radius 2 is 1.85 bits per heavy atom. The Hall–Kier alpha value is -1.30. The maximum Gasteiger partial charge on any atom is 0.454 e. The molecule has 2 N–H and O–H groups in total. The Bertz CT molecular complexity index is 737. The molecule has 6 atom stereocenters. The van der Waals surface area contributed by atoms with Crippen LogP contribution in [0.1, 0.15) is 58.8 Å². The third kappa shape index (κ3) is 2.62. The van der Waals surface area contributed by atoms with Crippen molar-refractivity contribution in [2.45, 2.75) is 71.1 Å². The Balaban J connectivity index is 1.69. The van der Waals surface area contributed by atoms with Crippen molar-refractivity contribution in [2.75, 3.05) is 0 Å². The zero-order chi connectivity index (χ0) is 19.8. The first kappa shape index (κ1) is 19.0. The molecule has 4 aliphatic carbocycles. The van der Waals surface area contributed by atoms with Crippen molar-refractivity contribution in [3.63, 3.8) is 0 Å². The molecule has 0 heterocycles. The Morgan fingerprint density at radius 3 is 2.52 bits per heavy atom. The number of aliphatic hydroxyl groups is 2. The number of carbonyl (C=O) groups excluding carboxylic acids is 1. The molecule has 0 aromatic carbocycles. The quantitative estimate of drug-likeness (QED) is 0.679. The fraction of sp³-hybridized carbons (Fsp3) is 0.762. The number of rotatable bonds is 1.